The fourth-order valence-electron chi connectivity index (χ4n) is 2.99. The molecule has 0 spiro atoms. The first-order chi connectivity index (χ1) is 11.8. The van der Waals surface area contributed by atoms with Crippen LogP contribution < -0.4 is 0 Å². The number of carboxylic acids is 1. The van der Waals surface area contributed by atoms with Gasteiger partial charge in [0, 0.05) is 19.1 Å². The quantitative estimate of drug-likeness (QED) is 0.675. The van der Waals surface area contributed by atoms with Gasteiger partial charge in [0.05, 0.1) is 12.7 Å². The van der Waals surface area contributed by atoms with Crippen LogP contribution in [0.4, 0.5) is 0 Å². The average molecular weight is 369 g/mol. The molecule has 2 unspecified atom stereocenters. The van der Waals surface area contributed by atoms with Crippen LogP contribution in [0.5, 0.6) is 0 Å². The van der Waals surface area contributed by atoms with E-state index in [1.165, 1.54) is 0 Å². The molecular formula is C17H24NO6P. The molecule has 1 heterocycles. The van der Waals surface area contributed by atoms with Crippen LogP contribution in [0.3, 0.4) is 0 Å². The van der Waals surface area contributed by atoms with Crippen molar-refractivity contribution in [3.8, 4) is 0 Å². The smallest absolute Gasteiger partial charge is 0.326 e. The number of carbonyl (C=O) groups excluding carboxylic acids is 1. The molecule has 25 heavy (non-hydrogen) atoms. The lowest BCUT2D eigenvalue weighted by Crippen LogP contribution is -2.42. The van der Waals surface area contributed by atoms with Crippen molar-refractivity contribution in [3.05, 3.63) is 35.9 Å². The van der Waals surface area contributed by atoms with Gasteiger partial charge in [-0.3, -0.25) is 9.36 Å². The van der Waals surface area contributed by atoms with Crippen LogP contribution in [0.1, 0.15) is 18.9 Å². The van der Waals surface area contributed by atoms with E-state index in [1.807, 2.05) is 30.3 Å². The maximum atomic E-state index is 13.0. The highest BCUT2D eigenvalue weighted by atomic mass is 31.2. The monoisotopic (exact) mass is 369 g/mol. The van der Waals surface area contributed by atoms with Gasteiger partial charge in [-0.25, -0.2) is 4.79 Å². The average Bonchev–Trinajstić information content (AvgIpc) is 2.97. The standard InChI is InChI=1S/C17H24NO6P/c1-2-24-25(23,9-8-13-6-4-3-5-7-13)12-16(20)18-11-14(19)10-15(18)17(21)22/h3-7,14-15,19H,2,8-12H2,1H3,(H,21,22)/t14?,15-,25?/m0/s1. The van der Waals surface area contributed by atoms with E-state index in [9.17, 15) is 24.4 Å². The Morgan fingerprint density at radius 1 is 1.32 bits per heavy atom. The molecular weight excluding hydrogens is 345 g/mol. The Hall–Kier alpha value is -1.69. The number of amides is 1. The molecule has 2 N–H and O–H groups in total. The normalized spacial score (nSPS) is 22.6. The van der Waals surface area contributed by atoms with Gasteiger partial charge in [0.2, 0.25) is 13.3 Å². The minimum atomic E-state index is -3.24. The van der Waals surface area contributed by atoms with E-state index in [0.29, 0.717) is 6.42 Å². The minimum Gasteiger partial charge on any atom is -0.480 e. The Balaban J connectivity index is 2.05. The Labute approximate surface area is 147 Å². The van der Waals surface area contributed by atoms with E-state index in [2.05, 4.69) is 0 Å². The van der Waals surface area contributed by atoms with Crippen LogP contribution in [0, 0.1) is 0 Å². The second-order valence-corrected chi connectivity index (χ2v) is 8.79. The molecule has 7 nitrogen and oxygen atoms in total. The molecule has 0 saturated carbocycles. The molecule has 0 radical (unpaired) electrons. The predicted molar refractivity (Wildman–Crippen MR) is 92.9 cm³/mol. The van der Waals surface area contributed by atoms with Crippen molar-refractivity contribution in [2.45, 2.75) is 31.9 Å². The number of hydrogen-bond acceptors (Lipinski definition) is 5. The number of carbonyl (C=O) groups is 2. The largest absolute Gasteiger partial charge is 0.480 e. The van der Waals surface area contributed by atoms with Crippen molar-refractivity contribution in [1.82, 2.24) is 4.90 Å². The molecule has 1 aromatic rings. The number of aryl methyl sites for hydroxylation is 1. The summed E-state index contributed by atoms with van der Waals surface area (Å²) in [5.41, 5.74) is 0.995. The maximum absolute atomic E-state index is 13.0. The van der Waals surface area contributed by atoms with E-state index in [4.69, 9.17) is 4.52 Å². The van der Waals surface area contributed by atoms with Gasteiger partial charge < -0.3 is 19.6 Å². The lowest BCUT2D eigenvalue weighted by molar-refractivity contribution is -0.147. The third kappa shape index (κ3) is 5.39. The first kappa shape index (κ1) is 19.6. The summed E-state index contributed by atoms with van der Waals surface area (Å²) in [5, 5.41) is 18.9. The van der Waals surface area contributed by atoms with Crippen LogP contribution in [-0.4, -0.2) is 64.6 Å². The van der Waals surface area contributed by atoms with Gasteiger partial charge in [0.25, 0.3) is 0 Å². The number of aliphatic carboxylic acids is 1. The van der Waals surface area contributed by atoms with Crippen LogP contribution >= 0.6 is 7.37 Å². The zero-order chi connectivity index (χ0) is 18.4. The zero-order valence-electron chi connectivity index (χ0n) is 14.2. The van der Waals surface area contributed by atoms with Gasteiger partial charge >= 0.3 is 5.97 Å². The van der Waals surface area contributed by atoms with Crippen LogP contribution in [0.15, 0.2) is 30.3 Å². The Morgan fingerprint density at radius 2 is 2.00 bits per heavy atom. The van der Waals surface area contributed by atoms with E-state index in [1.54, 1.807) is 6.92 Å². The van der Waals surface area contributed by atoms with Gasteiger partial charge in [-0.2, -0.15) is 0 Å². The second-order valence-electron chi connectivity index (χ2n) is 6.14. The molecule has 0 aliphatic carbocycles. The predicted octanol–water partition coefficient (Wildman–Crippen LogP) is 1.59. The molecule has 138 valence electrons. The van der Waals surface area contributed by atoms with Crippen LogP contribution in [0.2, 0.25) is 0 Å². The Bertz CT molecular complexity index is 650. The first-order valence-electron chi connectivity index (χ1n) is 8.31. The molecule has 8 heteroatoms. The third-order valence-electron chi connectivity index (χ3n) is 4.21. The highest BCUT2D eigenvalue weighted by molar-refractivity contribution is 7.59. The molecule has 1 aliphatic rings. The molecule has 3 atom stereocenters. The molecule has 2 rings (SSSR count). The van der Waals surface area contributed by atoms with Crippen LogP contribution in [-0.2, 0) is 25.1 Å². The molecule has 1 fully saturated rings. The number of benzene rings is 1. The molecule has 1 saturated heterocycles. The number of rotatable bonds is 8. The summed E-state index contributed by atoms with van der Waals surface area (Å²) in [6.45, 7) is 1.87. The number of aliphatic hydroxyl groups excluding tert-OH is 1. The van der Waals surface area contributed by atoms with E-state index < -0.39 is 31.4 Å². The number of carboxylic acid groups (broad SMARTS) is 1. The zero-order valence-corrected chi connectivity index (χ0v) is 15.1. The summed E-state index contributed by atoms with van der Waals surface area (Å²) in [4.78, 5) is 24.9. The third-order valence-corrected chi connectivity index (χ3v) is 6.60. The van der Waals surface area contributed by atoms with Gasteiger partial charge in [-0.05, 0) is 18.9 Å². The van der Waals surface area contributed by atoms with Crippen molar-refractivity contribution >= 4 is 19.2 Å². The van der Waals surface area contributed by atoms with Gasteiger partial charge in [0.1, 0.15) is 12.2 Å². The number of likely N-dealkylation sites (tertiary alicyclic amines) is 1. The molecule has 0 aromatic heterocycles. The van der Waals surface area contributed by atoms with Crippen molar-refractivity contribution in [1.29, 1.82) is 0 Å². The fraction of sp³-hybridized carbons (Fsp3) is 0.529. The SMILES string of the molecule is CCOP(=O)(CCc1ccccc1)CC(=O)N1CC(O)C[C@H]1C(=O)O. The van der Waals surface area contributed by atoms with E-state index >= 15 is 0 Å². The molecule has 1 amide bonds. The van der Waals surface area contributed by atoms with Crippen LogP contribution in [0.25, 0.3) is 0 Å². The van der Waals surface area contributed by atoms with Crippen molar-refractivity contribution in [3.63, 3.8) is 0 Å². The minimum absolute atomic E-state index is 0.00990. The summed E-state index contributed by atoms with van der Waals surface area (Å²) >= 11 is 0. The van der Waals surface area contributed by atoms with Gasteiger partial charge in [0.15, 0.2) is 0 Å². The number of nitrogens with zero attached hydrogens (tertiary/aromatic N) is 1. The lowest BCUT2D eigenvalue weighted by Gasteiger charge is -2.24. The Morgan fingerprint density at radius 3 is 2.60 bits per heavy atom. The topological polar surface area (TPSA) is 104 Å². The molecule has 1 aromatic carbocycles. The first-order valence-corrected chi connectivity index (χ1v) is 10.3. The summed E-state index contributed by atoms with van der Waals surface area (Å²) in [6, 6.07) is 8.40. The lowest BCUT2D eigenvalue weighted by atomic mass is 10.2. The Kier molecular flexibility index (Phi) is 6.76. The summed E-state index contributed by atoms with van der Waals surface area (Å²) in [5.74, 6) is -1.71. The molecule has 1 aliphatic heterocycles. The van der Waals surface area contributed by atoms with Crippen molar-refractivity contribution in [2.75, 3.05) is 25.5 Å². The fourth-order valence-corrected chi connectivity index (χ4v) is 5.03. The van der Waals surface area contributed by atoms with Crippen molar-refractivity contribution in [2.24, 2.45) is 0 Å². The highest BCUT2D eigenvalue weighted by Crippen LogP contribution is 2.47. The molecule has 0 bridgehead atoms. The van der Waals surface area contributed by atoms with Gasteiger partial charge in [-0.15, -0.1) is 0 Å². The second kappa shape index (κ2) is 8.61. The van der Waals surface area contributed by atoms with E-state index in [-0.39, 0.29) is 31.9 Å². The van der Waals surface area contributed by atoms with E-state index in [0.717, 1.165) is 10.5 Å². The number of β-amino-alcohol motifs (C(OH)–C–C–N with tert-alkyl or cyclic N) is 1. The highest BCUT2D eigenvalue weighted by Gasteiger charge is 2.41. The van der Waals surface area contributed by atoms with Gasteiger partial charge in [-0.1, -0.05) is 30.3 Å². The summed E-state index contributed by atoms with van der Waals surface area (Å²) in [6.07, 6.45) is -0.504. The maximum Gasteiger partial charge on any atom is 0.326 e. The van der Waals surface area contributed by atoms with Crippen molar-refractivity contribution < 1.29 is 28.9 Å². The number of hydrogen-bond donors (Lipinski definition) is 2. The number of aliphatic hydroxyl groups is 1. The summed E-state index contributed by atoms with van der Waals surface area (Å²) < 4.78 is 18.4. The summed E-state index contributed by atoms with van der Waals surface area (Å²) in [7, 11) is -3.24.